The number of carbonyl (C=O) groups excluding carboxylic acids is 1. The van der Waals surface area contributed by atoms with Gasteiger partial charge >= 0.3 is 0 Å². The van der Waals surface area contributed by atoms with Crippen LogP contribution in [0.3, 0.4) is 0 Å². The van der Waals surface area contributed by atoms with Gasteiger partial charge in [-0.15, -0.1) is 0 Å². The SMILES string of the molecule is CCCCC(Cc1c[nH]c2ccccc12)NC(=O)c1cnc(N2CCN(C)C(CF)C2)s1. The molecular formula is C24H32FN5OS. The lowest BCUT2D eigenvalue weighted by Crippen LogP contribution is -2.52. The number of anilines is 1. The van der Waals surface area contributed by atoms with E-state index in [1.165, 1.54) is 22.3 Å². The zero-order chi connectivity index (χ0) is 22.5. The highest BCUT2D eigenvalue weighted by Crippen LogP contribution is 2.26. The Labute approximate surface area is 192 Å². The lowest BCUT2D eigenvalue weighted by atomic mass is 10.0. The van der Waals surface area contributed by atoms with E-state index >= 15 is 0 Å². The minimum absolute atomic E-state index is 0.0618. The van der Waals surface area contributed by atoms with Crippen molar-refractivity contribution in [2.24, 2.45) is 0 Å². The predicted molar refractivity (Wildman–Crippen MR) is 130 cm³/mol. The van der Waals surface area contributed by atoms with Crippen molar-refractivity contribution >= 4 is 33.3 Å². The largest absolute Gasteiger partial charge is 0.361 e. The van der Waals surface area contributed by atoms with Crippen molar-refractivity contribution in [1.29, 1.82) is 0 Å². The van der Waals surface area contributed by atoms with Gasteiger partial charge in [0.05, 0.1) is 12.2 Å². The zero-order valence-corrected chi connectivity index (χ0v) is 19.6. The minimum atomic E-state index is -0.376. The van der Waals surface area contributed by atoms with Crippen molar-refractivity contribution in [2.45, 2.75) is 44.7 Å². The number of benzene rings is 1. The number of fused-ring (bicyclic) bond motifs is 1. The smallest absolute Gasteiger partial charge is 0.263 e. The number of alkyl halides is 1. The molecule has 6 nitrogen and oxygen atoms in total. The molecule has 3 heterocycles. The van der Waals surface area contributed by atoms with Crippen molar-refractivity contribution < 1.29 is 9.18 Å². The normalized spacial score (nSPS) is 18.2. The molecular weight excluding hydrogens is 425 g/mol. The molecule has 32 heavy (non-hydrogen) atoms. The van der Waals surface area contributed by atoms with E-state index < -0.39 is 0 Å². The van der Waals surface area contributed by atoms with Crippen LogP contribution in [0.5, 0.6) is 0 Å². The first kappa shape index (κ1) is 22.7. The fourth-order valence-electron chi connectivity index (χ4n) is 4.30. The van der Waals surface area contributed by atoms with E-state index in [1.807, 2.05) is 24.1 Å². The van der Waals surface area contributed by atoms with E-state index in [1.54, 1.807) is 6.20 Å². The van der Waals surface area contributed by atoms with Crippen molar-refractivity contribution in [3.63, 3.8) is 0 Å². The third-order valence-corrected chi connectivity index (χ3v) is 7.38. The average molecular weight is 458 g/mol. The van der Waals surface area contributed by atoms with Crippen LogP contribution in [-0.4, -0.2) is 66.2 Å². The van der Waals surface area contributed by atoms with Crippen LogP contribution in [0.15, 0.2) is 36.7 Å². The fraction of sp³-hybridized carbons (Fsp3) is 0.500. The quantitative estimate of drug-likeness (QED) is 0.504. The van der Waals surface area contributed by atoms with E-state index in [0.29, 0.717) is 11.4 Å². The fourth-order valence-corrected chi connectivity index (χ4v) is 5.15. The van der Waals surface area contributed by atoms with E-state index in [4.69, 9.17) is 0 Å². The van der Waals surface area contributed by atoms with Crippen molar-refractivity contribution in [3.05, 3.63) is 47.1 Å². The Balaban J connectivity index is 1.43. The first-order valence-corrected chi connectivity index (χ1v) is 12.2. The number of carbonyl (C=O) groups is 1. The Morgan fingerprint density at radius 2 is 2.22 bits per heavy atom. The van der Waals surface area contributed by atoms with E-state index in [-0.39, 0.29) is 24.7 Å². The molecule has 3 aromatic rings. The van der Waals surface area contributed by atoms with Gasteiger partial charge in [0.25, 0.3) is 5.91 Å². The summed E-state index contributed by atoms with van der Waals surface area (Å²) in [7, 11) is 1.95. The van der Waals surface area contributed by atoms with E-state index in [2.05, 4.69) is 45.4 Å². The molecule has 0 saturated carbocycles. The molecule has 2 atom stereocenters. The van der Waals surface area contributed by atoms with Crippen LogP contribution in [0, 0.1) is 0 Å². The number of H-pyrrole nitrogens is 1. The number of thiazole rings is 1. The van der Waals surface area contributed by atoms with Crippen LogP contribution < -0.4 is 10.2 Å². The maximum Gasteiger partial charge on any atom is 0.263 e. The van der Waals surface area contributed by atoms with Gasteiger partial charge in [-0.3, -0.25) is 9.69 Å². The van der Waals surface area contributed by atoms with Crippen molar-refractivity contribution in [2.75, 3.05) is 38.3 Å². The number of nitrogens with zero attached hydrogens (tertiary/aromatic N) is 3. The maximum absolute atomic E-state index is 13.3. The first-order valence-electron chi connectivity index (χ1n) is 11.4. The molecule has 1 fully saturated rings. The third-order valence-electron chi connectivity index (χ3n) is 6.33. The number of aromatic nitrogens is 2. The van der Waals surface area contributed by atoms with E-state index in [9.17, 15) is 9.18 Å². The minimum Gasteiger partial charge on any atom is -0.361 e. The van der Waals surface area contributed by atoms with Crippen molar-refractivity contribution in [1.82, 2.24) is 20.2 Å². The number of rotatable bonds is 9. The molecule has 1 amide bonds. The molecule has 172 valence electrons. The van der Waals surface area contributed by atoms with Gasteiger partial charge in [0.1, 0.15) is 11.6 Å². The Kier molecular flexibility index (Phi) is 7.42. The van der Waals surface area contributed by atoms with Crippen LogP contribution in [0.1, 0.15) is 41.4 Å². The molecule has 2 aromatic heterocycles. The van der Waals surface area contributed by atoms with Gasteiger partial charge in [0.2, 0.25) is 0 Å². The van der Waals surface area contributed by atoms with Crippen LogP contribution in [0.2, 0.25) is 0 Å². The second kappa shape index (κ2) is 10.4. The molecule has 1 aliphatic heterocycles. The van der Waals surface area contributed by atoms with Gasteiger partial charge in [0.15, 0.2) is 5.13 Å². The first-order chi connectivity index (χ1) is 15.6. The Hall–Kier alpha value is -2.45. The number of hydrogen-bond acceptors (Lipinski definition) is 5. The molecule has 1 aromatic carbocycles. The third kappa shape index (κ3) is 5.13. The molecule has 1 saturated heterocycles. The summed E-state index contributed by atoms with van der Waals surface area (Å²) in [6, 6.07) is 8.20. The Morgan fingerprint density at radius 1 is 1.38 bits per heavy atom. The summed E-state index contributed by atoms with van der Waals surface area (Å²) in [5.41, 5.74) is 2.34. The highest BCUT2D eigenvalue weighted by molar-refractivity contribution is 7.17. The number of piperazine rings is 1. The van der Waals surface area contributed by atoms with Crippen molar-refractivity contribution in [3.8, 4) is 0 Å². The van der Waals surface area contributed by atoms with Gasteiger partial charge in [-0.25, -0.2) is 9.37 Å². The summed E-state index contributed by atoms with van der Waals surface area (Å²) in [4.78, 5) is 25.6. The summed E-state index contributed by atoms with van der Waals surface area (Å²) in [5, 5.41) is 5.25. The molecule has 2 unspecified atom stereocenters. The summed E-state index contributed by atoms with van der Waals surface area (Å²) >= 11 is 1.39. The molecule has 0 spiro atoms. The lowest BCUT2D eigenvalue weighted by molar-refractivity contribution is 0.0938. The summed E-state index contributed by atoms with van der Waals surface area (Å²) < 4.78 is 13.3. The summed E-state index contributed by atoms with van der Waals surface area (Å²) in [6.07, 6.45) is 7.58. The van der Waals surface area contributed by atoms with Gasteiger partial charge in [-0.2, -0.15) is 0 Å². The number of amides is 1. The van der Waals surface area contributed by atoms with Gasteiger partial charge in [0, 0.05) is 42.8 Å². The number of halogens is 1. The standard InChI is InChI=1S/C24H32FN5OS/c1-3-4-7-18(12-17-14-26-21-9-6-5-8-20(17)21)28-23(31)22-15-27-24(32-22)30-11-10-29(2)19(13-25)16-30/h5-6,8-9,14-15,18-19,26H,3-4,7,10-13,16H2,1-2H3,(H,28,31). The number of aromatic amines is 1. The number of likely N-dealkylation sites (N-methyl/N-ethyl adjacent to an activating group) is 1. The van der Waals surface area contributed by atoms with Gasteiger partial charge in [-0.05, 0) is 31.5 Å². The number of nitrogens with one attached hydrogen (secondary N) is 2. The van der Waals surface area contributed by atoms with Crippen LogP contribution in [-0.2, 0) is 6.42 Å². The molecule has 8 heteroatoms. The number of hydrogen-bond donors (Lipinski definition) is 2. The topological polar surface area (TPSA) is 64.3 Å². The monoisotopic (exact) mass is 457 g/mol. The van der Waals surface area contributed by atoms with Gasteiger partial charge in [-0.1, -0.05) is 49.3 Å². The molecule has 0 bridgehead atoms. The molecule has 4 rings (SSSR count). The van der Waals surface area contributed by atoms with Crippen LogP contribution >= 0.6 is 11.3 Å². The predicted octanol–water partition coefficient (Wildman–Crippen LogP) is 4.25. The maximum atomic E-state index is 13.3. The van der Waals surface area contributed by atoms with Gasteiger partial charge < -0.3 is 15.2 Å². The average Bonchev–Trinajstić information content (AvgIpc) is 3.46. The highest BCUT2D eigenvalue weighted by Gasteiger charge is 2.27. The second-order valence-electron chi connectivity index (χ2n) is 8.62. The molecule has 1 aliphatic rings. The lowest BCUT2D eigenvalue weighted by Gasteiger charge is -2.37. The molecule has 2 N–H and O–H groups in total. The molecule has 0 radical (unpaired) electrons. The Bertz CT molecular complexity index is 1030. The van der Waals surface area contributed by atoms with Crippen LogP contribution in [0.4, 0.5) is 9.52 Å². The number of para-hydroxylation sites is 1. The van der Waals surface area contributed by atoms with Crippen LogP contribution in [0.25, 0.3) is 10.9 Å². The highest BCUT2D eigenvalue weighted by atomic mass is 32.1. The Morgan fingerprint density at radius 3 is 3.03 bits per heavy atom. The summed E-state index contributed by atoms with van der Waals surface area (Å²) in [5.74, 6) is -0.0779. The second-order valence-corrected chi connectivity index (χ2v) is 9.63. The molecule has 0 aliphatic carbocycles. The van der Waals surface area contributed by atoms with E-state index in [0.717, 1.165) is 49.4 Å². The summed E-state index contributed by atoms with van der Waals surface area (Å²) in [6.45, 7) is 3.97. The zero-order valence-electron chi connectivity index (χ0n) is 18.8. The number of unbranched alkanes of at least 4 members (excludes halogenated alkanes) is 1.